The molecule has 5 nitrogen and oxygen atoms in total. The number of aromatic nitrogens is 2. The van der Waals surface area contributed by atoms with Crippen LogP contribution in [0.15, 0.2) is 60.9 Å². The first-order chi connectivity index (χ1) is 12.7. The molecule has 1 amide bonds. The molecule has 0 fully saturated rings. The summed E-state index contributed by atoms with van der Waals surface area (Å²) in [6, 6.07) is 16.0. The average molecular weight is 346 g/mol. The van der Waals surface area contributed by atoms with Gasteiger partial charge in [0.1, 0.15) is 11.5 Å². The van der Waals surface area contributed by atoms with Gasteiger partial charge in [0.25, 0.3) is 5.91 Å². The molecule has 0 unspecified atom stereocenters. The minimum atomic E-state index is -0.271. The molecule has 26 heavy (non-hydrogen) atoms. The van der Waals surface area contributed by atoms with Crippen LogP contribution in [0.25, 0.3) is 0 Å². The molecule has 5 heteroatoms. The van der Waals surface area contributed by atoms with Crippen molar-refractivity contribution >= 4 is 17.4 Å². The number of carbonyl (C=O) groups excluding carboxylic acids is 1. The molecule has 2 N–H and O–H groups in total. The molecule has 1 aromatic heterocycles. The molecule has 0 aliphatic heterocycles. The Balaban J connectivity index is 1.59. The molecule has 0 bridgehead atoms. The van der Waals surface area contributed by atoms with E-state index in [2.05, 4.69) is 46.6 Å². The summed E-state index contributed by atoms with van der Waals surface area (Å²) in [5.41, 5.74) is 4.68. The Hall–Kier alpha value is -3.21. The number of amides is 1. The van der Waals surface area contributed by atoms with Gasteiger partial charge in [-0.2, -0.15) is 0 Å². The first-order valence-corrected chi connectivity index (χ1v) is 8.66. The molecule has 0 aliphatic rings. The second kappa shape index (κ2) is 8.25. The highest BCUT2D eigenvalue weighted by Gasteiger charge is 2.08. The monoisotopic (exact) mass is 346 g/mol. The van der Waals surface area contributed by atoms with Crippen molar-refractivity contribution in [3.8, 4) is 0 Å². The lowest BCUT2D eigenvalue weighted by Gasteiger charge is -2.09. The first-order valence-electron chi connectivity index (χ1n) is 8.66. The van der Waals surface area contributed by atoms with E-state index in [0.29, 0.717) is 12.4 Å². The van der Waals surface area contributed by atoms with Crippen molar-refractivity contribution in [2.24, 2.45) is 0 Å². The van der Waals surface area contributed by atoms with Crippen LogP contribution < -0.4 is 10.6 Å². The van der Waals surface area contributed by atoms with Crippen molar-refractivity contribution in [3.63, 3.8) is 0 Å². The maximum atomic E-state index is 12.3. The summed E-state index contributed by atoms with van der Waals surface area (Å²) < 4.78 is 0. The van der Waals surface area contributed by atoms with Crippen LogP contribution in [0.1, 0.15) is 34.1 Å². The van der Waals surface area contributed by atoms with Crippen LogP contribution in [0, 0.1) is 6.92 Å². The predicted molar refractivity (Wildman–Crippen MR) is 104 cm³/mol. The molecular formula is C21H22N4O. The minimum Gasteiger partial charge on any atom is -0.365 e. The largest absolute Gasteiger partial charge is 0.365 e. The average Bonchev–Trinajstić information content (AvgIpc) is 2.68. The lowest BCUT2D eigenvalue weighted by molar-refractivity contribution is 0.102. The van der Waals surface area contributed by atoms with E-state index in [-0.39, 0.29) is 11.6 Å². The minimum absolute atomic E-state index is 0.271. The first kappa shape index (κ1) is 17.6. The van der Waals surface area contributed by atoms with Crippen LogP contribution in [0.2, 0.25) is 0 Å². The third-order valence-electron chi connectivity index (χ3n) is 4.23. The van der Waals surface area contributed by atoms with Crippen LogP contribution in [0.4, 0.5) is 11.5 Å². The molecule has 3 aromatic rings. The lowest BCUT2D eigenvalue weighted by Crippen LogP contribution is -2.14. The number of nitrogens with one attached hydrogen (secondary N) is 2. The van der Waals surface area contributed by atoms with E-state index < -0.39 is 0 Å². The Morgan fingerprint density at radius 2 is 1.77 bits per heavy atom. The zero-order valence-corrected chi connectivity index (χ0v) is 15.0. The van der Waals surface area contributed by atoms with Gasteiger partial charge in [0.05, 0.1) is 12.4 Å². The Bertz CT molecular complexity index is 873. The molecule has 0 spiro atoms. The van der Waals surface area contributed by atoms with E-state index in [1.54, 1.807) is 6.20 Å². The van der Waals surface area contributed by atoms with Gasteiger partial charge in [-0.3, -0.25) is 4.79 Å². The summed E-state index contributed by atoms with van der Waals surface area (Å²) in [5, 5.41) is 6.06. The van der Waals surface area contributed by atoms with Gasteiger partial charge in [0.15, 0.2) is 0 Å². The molecule has 2 aromatic carbocycles. The van der Waals surface area contributed by atoms with Gasteiger partial charge in [0, 0.05) is 12.2 Å². The molecule has 0 saturated carbocycles. The summed E-state index contributed by atoms with van der Waals surface area (Å²) in [5.74, 6) is 0.365. The van der Waals surface area contributed by atoms with Gasteiger partial charge in [-0.15, -0.1) is 0 Å². The fourth-order valence-electron chi connectivity index (χ4n) is 2.55. The number of hydrogen-bond donors (Lipinski definition) is 2. The summed E-state index contributed by atoms with van der Waals surface area (Å²) in [6.45, 7) is 4.83. The number of carbonyl (C=O) groups is 1. The molecule has 0 aliphatic carbocycles. The summed E-state index contributed by atoms with van der Waals surface area (Å²) >= 11 is 0. The fourth-order valence-corrected chi connectivity index (χ4v) is 2.55. The molecule has 1 heterocycles. The highest BCUT2D eigenvalue weighted by molar-refractivity contribution is 6.02. The number of aryl methyl sites for hydroxylation is 2. The van der Waals surface area contributed by atoms with Crippen LogP contribution in [0.5, 0.6) is 0 Å². The third-order valence-corrected chi connectivity index (χ3v) is 4.23. The SMILES string of the molecule is CCc1ccc(NC(=O)c2cnc(NCc3ccccc3C)cn2)cc1. The van der Waals surface area contributed by atoms with Crippen LogP contribution in [-0.4, -0.2) is 15.9 Å². The quantitative estimate of drug-likeness (QED) is 0.701. The van der Waals surface area contributed by atoms with Crippen LogP contribution in [-0.2, 0) is 13.0 Å². The number of benzene rings is 2. The smallest absolute Gasteiger partial charge is 0.275 e. The Kier molecular flexibility index (Phi) is 5.59. The van der Waals surface area contributed by atoms with Gasteiger partial charge in [-0.1, -0.05) is 43.3 Å². The normalized spacial score (nSPS) is 10.4. The highest BCUT2D eigenvalue weighted by atomic mass is 16.1. The van der Waals surface area contributed by atoms with E-state index in [1.807, 2.05) is 36.4 Å². The summed E-state index contributed by atoms with van der Waals surface area (Å²) in [4.78, 5) is 20.8. The van der Waals surface area contributed by atoms with Crippen molar-refractivity contribution in [3.05, 3.63) is 83.3 Å². The van der Waals surface area contributed by atoms with Crippen molar-refractivity contribution in [1.82, 2.24) is 9.97 Å². The van der Waals surface area contributed by atoms with Crippen molar-refractivity contribution in [2.75, 3.05) is 10.6 Å². The zero-order chi connectivity index (χ0) is 18.4. The standard InChI is InChI=1S/C21H22N4O/c1-3-16-8-10-18(11-9-16)25-21(26)19-13-24-20(14-22-19)23-12-17-7-5-4-6-15(17)2/h4-11,13-14H,3,12H2,1-2H3,(H,23,24)(H,25,26). The molecular weight excluding hydrogens is 324 g/mol. The summed E-state index contributed by atoms with van der Waals surface area (Å²) in [6.07, 6.45) is 4.03. The second-order valence-corrected chi connectivity index (χ2v) is 6.07. The maximum absolute atomic E-state index is 12.3. The Labute approximate surface area is 153 Å². The van der Waals surface area contributed by atoms with Gasteiger partial charge in [0.2, 0.25) is 0 Å². The van der Waals surface area contributed by atoms with Crippen LogP contribution in [0.3, 0.4) is 0 Å². The molecule has 0 atom stereocenters. The summed E-state index contributed by atoms with van der Waals surface area (Å²) in [7, 11) is 0. The molecule has 132 valence electrons. The zero-order valence-electron chi connectivity index (χ0n) is 15.0. The van der Waals surface area contributed by atoms with E-state index in [9.17, 15) is 4.79 Å². The van der Waals surface area contributed by atoms with Gasteiger partial charge < -0.3 is 10.6 Å². The van der Waals surface area contributed by atoms with E-state index >= 15 is 0 Å². The molecule has 3 rings (SSSR count). The number of rotatable bonds is 6. The predicted octanol–water partition coefficient (Wildman–Crippen LogP) is 4.21. The van der Waals surface area contributed by atoms with E-state index in [4.69, 9.17) is 0 Å². The molecule has 0 radical (unpaired) electrons. The van der Waals surface area contributed by atoms with E-state index in [0.717, 1.165) is 12.1 Å². The highest BCUT2D eigenvalue weighted by Crippen LogP contribution is 2.12. The Morgan fingerprint density at radius 1 is 1.00 bits per heavy atom. The van der Waals surface area contributed by atoms with Gasteiger partial charge in [-0.25, -0.2) is 9.97 Å². The van der Waals surface area contributed by atoms with Crippen molar-refractivity contribution in [2.45, 2.75) is 26.8 Å². The number of anilines is 2. The fraction of sp³-hybridized carbons (Fsp3) is 0.190. The van der Waals surface area contributed by atoms with Crippen molar-refractivity contribution < 1.29 is 4.79 Å². The molecule has 0 saturated heterocycles. The Morgan fingerprint density at radius 3 is 2.42 bits per heavy atom. The topological polar surface area (TPSA) is 66.9 Å². The van der Waals surface area contributed by atoms with Gasteiger partial charge >= 0.3 is 0 Å². The van der Waals surface area contributed by atoms with Crippen molar-refractivity contribution in [1.29, 1.82) is 0 Å². The van der Waals surface area contributed by atoms with Gasteiger partial charge in [-0.05, 0) is 42.2 Å². The van der Waals surface area contributed by atoms with E-state index in [1.165, 1.54) is 22.9 Å². The third kappa shape index (κ3) is 4.45. The second-order valence-electron chi connectivity index (χ2n) is 6.07. The maximum Gasteiger partial charge on any atom is 0.275 e. The van der Waals surface area contributed by atoms with Crippen LogP contribution >= 0.6 is 0 Å². The number of nitrogens with zero attached hydrogens (tertiary/aromatic N) is 2. The number of hydrogen-bond acceptors (Lipinski definition) is 4. The lowest BCUT2D eigenvalue weighted by atomic mass is 10.1.